The van der Waals surface area contributed by atoms with Crippen LogP contribution in [0.3, 0.4) is 0 Å². The maximum absolute atomic E-state index is 13.6. The van der Waals surface area contributed by atoms with Crippen molar-refractivity contribution in [2.45, 2.75) is 19.4 Å². The Balaban J connectivity index is 2.13. The summed E-state index contributed by atoms with van der Waals surface area (Å²) in [5.41, 5.74) is 0.312. The first kappa shape index (κ1) is 13.8. The number of esters is 1. The maximum atomic E-state index is 13.6. The molecule has 104 valence electrons. The Morgan fingerprint density at radius 1 is 1.58 bits per heavy atom. The minimum Gasteiger partial charge on any atom is -0.464 e. The van der Waals surface area contributed by atoms with Crippen molar-refractivity contribution < 1.29 is 18.7 Å². The van der Waals surface area contributed by atoms with Crippen LogP contribution in [0.15, 0.2) is 24.3 Å². The molecule has 1 aromatic rings. The van der Waals surface area contributed by atoms with E-state index in [2.05, 4.69) is 5.32 Å². The lowest BCUT2D eigenvalue weighted by molar-refractivity contribution is -0.145. The Labute approximate surface area is 111 Å². The standard InChI is InChI=1S/C14H18FNO3/c1-2-19-14(17)13(10-7-8-18-9-10)16-12-6-4-3-5-11(12)15/h3-6,10,13,16H,2,7-9H2,1H3. The van der Waals surface area contributed by atoms with Gasteiger partial charge in [-0.25, -0.2) is 9.18 Å². The number of ether oxygens (including phenoxy) is 2. The molecular formula is C14H18FNO3. The number of carbonyl (C=O) groups excluding carboxylic acids is 1. The lowest BCUT2D eigenvalue weighted by Crippen LogP contribution is -2.39. The number of benzene rings is 1. The van der Waals surface area contributed by atoms with E-state index in [1.54, 1.807) is 25.1 Å². The molecule has 0 spiro atoms. The van der Waals surface area contributed by atoms with Gasteiger partial charge in [-0.15, -0.1) is 0 Å². The average molecular weight is 267 g/mol. The van der Waals surface area contributed by atoms with Gasteiger partial charge < -0.3 is 14.8 Å². The fraction of sp³-hybridized carbons (Fsp3) is 0.500. The molecule has 2 rings (SSSR count). The Morgan fingerprint density at radius 3 is 3.00 bits per heavy atom. The van der Waals surface area contributed by atoms with Gasteiger partial charge in [0.2, 0.25) is 0 Å². The Hall–Kier alpha value is -1.62. The van der Waals surface area contributed by atoms with Crippen LogP contribution < -0.4 is 5.32 Å². The highest BCUT2D eigenvalue weighted by atomic mass is 19.1. The largest absolute Gasteiger partial charge is 0.464 e. The zero-order valence-corrected chi connectivity index (χ0v) is 10.9. The summed E-state index contributed by atoms with van der Waals surface area (Å²) < 4.78 is 24.0. The van der Waals surface area contributed by atoms with Gasteiger partial charge >= 0.3 is 5.97 Å². The highest BCUT2D eigenvalue weighted by molar-refractivity contribution is 5.79. The average Bonchev–Trinajstić information content (AvgIpc) is 2.91. The molecular weight excluding hydrogens is 249 g/mol. The van der Waals surface area contributed by atoms with E-state index in [1.807, 2.05) is 0 Å². The number of anilines is 1. The van der Waals surface area contributed by atoms with E-state index in [-0.39, 0.29) is 17.7 Å². The Kier molecular flexibility index (Phi) is 4.74. The van der Waals surface area contributed by atoms with E-state index in [0.29, 0.717) is 25.5 Å². The highest BCUT2D eigenvalue weighted by Crippen LogP contribution is 2.23. The van der Waals surface area contributed by atoms with Crippen LogP contribution in [0.2, 0.25) is 0 Å². The zero-order chi connectivity index (χ0) is 13.7. The monoisotopic (exact) mass is 267 g/mol. The molecule has 1 aromatic carbocycles. The third kappa shape index (κ3) is 3.44. The molecule has 0 amide bonds. The van der Waals surface area contributed by atoms with Crippen LogP contribution in [0.25, 0.3) is 0 Å². The fourth-order valence-corrected chi connectivity index (χ4v) is 2.16. The normalized spacial score (nSPS) is 20.0. The fourth-order valence-electron chi connectivity index (χ4n) is 2.16. The molecule has 0 radical (unpaired) electrons. The molecule has 1 heterocycles. The second-order valence-electron chi connectivity index (χ2n) is 4.48. The summed E-state index contributed by atoms with van der Waals surface area (Å²) in [5.74, 6) is -0.726. The first-order valence-electron chi connectivity index (χ1n) is 6.47. The lowest BCUT2D eigenvalue weighted by Gasteiger charge is -2.23. The van der Waals surface area contributed by atoms with Gasteiger partial charge in [-0.3, -0.25) is 0 Å². The highest BCUT2D eigenvalue weighted by Gasteiger charge is 2.32. The number of carbonyl (C=O) groups is 1. The van der Waals surface area contributed by atoms with E-state index < -0.39 is 6.04 Å². The van der Waals surface area contributed by atoms with Crippen molar-refractivity contribution in [2.24, 2.45) is 5.92 Å². The summed E-state index contributed by atoms with van der Waals surface area (Å²) in [7, 11) is 0. The molecule has 19 heavy (non-hydrogen) atoms. The van der Waals surface area contributed by atoms with Crippen LogP contribution in [0.5, 0.6) is 0 Å². The lowest BCUT2D eigenvalue weighted by atomic mass is 9.98. The molecule has 2 unspecified atom stereocenters. The third-order valence-corrected chi connectivity index (χ3v) is 3.16. The Bertz CT molecular complexity index is 432. The van der Waals surface area contributed by atoms with E-state index in [1.165, 1.54) is 6.07 Å². The first-order chi connectivity index (χ1) is 9.22. The molecule has 0 aromatic heterocycles. The van der Waals surface area contributed by atoms with E-state index in [4.69, 9.17) is 9.47 Å². The first-order valence-corrected chi connectivity index (χ1v) is 6.47. The molecule has 0 bridgehead atoms. The molecule has 1 aliphatic rings. The van der Waals surface area contributed by atoms with Crippen LogP contribution in [-0.2, 0) is 14.3 Å². The number of rotatable bonds is 5. The molecule has 1 fully saturated rings. The van der Waals surface area contributed by atoms with Gasteiger partial charge in [0.05, 0.1) is 18.9 Å². The van der Waals surface area contributed by atoms with E-state index >= 15 is 0 Å². The van der Waals surface area contributed by atoms with Gasteiger partial charge in [0.15, 0.2) is 0 Å². The SMILES string of the molecule is CCOC(=O)C(Nc1ccccc1F)C1CCOC1. The van der Waals surface area contributed by atoms with Crippen molar-refractivity contribution in [3.05, 3.63) is 30.1 Å². The minimum absolute atomic E-state index is 0.0126. The molecule has 1 saturated heterocycles. The molecule has 1 N–H and O–H groups in total. The summed E-state index contributed by atoms with van der Waals surface area (Å²) in [4.78, 5) is 12.0. The van der Waals surface area contributed by atoms with E-state index in [0.717, 1.165) is 6.42 Å². The number of hydrogen-bond donors (Lipinski definition) is 1. The zero-order valence-electron chi connectivity index (χ0n) is 10.9. The summed E-state index contributed by atoms with van der Waals surface area (Å²) in [5, 5.41) is 2.94. The molecule has 0 saturated carbocycles. The van der Waals surface area contributed by atoms with Crippen LogP contribution in [-0.4, -0.2) is 31.8 Å². The maximum Gasteiger partial charge on any atom is 0.328 e. The van der Waals surface area contributed by atoms with Crippen molar-refractivity contribution in [1.82, 2.24) is 0 Å². The van der Waals surface area contributed by atoms with Gasteiger partial charge in [-0.05, 0) is 25.5 Å². The van der Waals surface area contributed by atoms with Gasteiger partial charge in [0.25, 0.3) is 0 Å². The molecule has 2 atom stereocenters. The van der Waals surface area contributed by atoms with Crippen LogP contribution in [0.1, 0.15) is 13.3 Å². The predicted molar refractivity (Wildman–Crippen MR) is 69.4 cm³/mol. The van der Waals surface area contributed by atoms with Crippen molar-refractivity contribution in [2.75, 3.05) is 25.1 Å². The minimum atomic E-state index is -0.570. The number of halogens is 1. The quantitative estimate of drug-likeness (QED) is 0.831. The van der Waals surface area contributed by atoms with Crippen LogP contribution in [0.4, 0.5) is 10.1 Å². The molecule has 4 nitrogen and oxygen atoms in total. The summed E-state index contributed by atoms with van der Waals surface area (Å²) >= 11 is 0. The van der Waals surface area contributed by atoms with Crippen LogP contribution in [0, 0.1) is 11.7 Å². The summed E-state index contributed by atoms with van der Waals surface area (Å²) in [6.07, 6.45) is 0.769. The Morgan fingerprint density at radius 2 is 2.37 bits per heavy atom. The molecule has 1 aliphatic heterocycles. The van der Waals surface area contributed by atoms with Crippen LogP contribution >= 0.6 is 0 Å². The van der Waals surface area contributed by atoms with Crippen molar-refractivity contribution in [3.63, 3.8) is 0 Å². The van der Waals surface area contributed by atoms with Crippen molar-refractivity contribution >= 4 is 11.7 Å². The van der Waals surface area contributed by atoms with E-state index in [9.17, 15) is 9.18 Å². The second-order valence-corrected chi connectivity index (χ2v) is 4.48. The summed E-state index contributed by atoms with van der Waals surface area (Å²) in [6.45, 7) is 3.18. The smallest absolute Gasteiger partial charge is 0.328 e. The van der Waals surface area contributed by atoms with Gasteiger partial charge in [-0.2, -0.15) is 0 Å². The number of para-hydroxylation sites is 1. The topological polar surface area (TPSA) is 47.6 Å². The number of nitrogens with one attached hydrogen (secondary N) is 1. The molecule has 0 aliphatic carbocycles. The number of hydrogen-bond acceptors (Lipinski definition) is 4. The van der Waals surface area contributed by atoms with Gasteiger partial charge in [-0.1, -0.05) is 12.1 Å². The third-order valence-electron chi connectivity index (χ3n) is 3.16. The van der Waals surface area contributed by atoms with Crippen molar-refractivity contribution in [1.29, 1.82) is 0 Å². The van der Waals surface area contributed by atoms with Gasteiger partial charge in [0.1, 0.15) is 11.9 Å². The predicted octanol–water partition coefficient (Wildman–Crippen LogP) is 2.21. The van der Waals surface area contributed by atoms with Gasteiger partial charge in [0, 0.05) is 12.5 Å². The second kappa shape index (κ2) is 6.52. The summed E-state index contributed by atoms with van der Waals surface area (Å²) in [6, 6.07) is 5.73. The van der Waals surface area contributed by atoms with Crippen molar-refractivity contribution in [3.8, 4) is 0 Å². The molecule has 5 heteroatoms.